The number of piperidine rings is 1. The molecule has 9 nitrogen and oxygen atoms in total. The number of hydrogen-bond acceptors (Lipinski definition) is 5. The van der Waals surface area contributed by atoms with Crippen LogP contribution in [0.3, 0.4) is 0 Å². The third-order valence-corrected chi connectivity index (χ3v) is 5.35. The first-order valence-electron chi connectivity index (χ1n) is 9.24. The van der Waals surface area contributed by atoms with Crippen LogP contribution in [0.5, 0.6) is 0 Å². The van der Waals surface area contributed by atoms with Crippen molar-refractivity contribution in [3.63, 3.8) is 0 Å². The van der Waals surface area contributed by atoms with Crippen molar-refractivity contribution in [1.29, 1.82) is 0 Å². The van der Waals surface area contributed by atoms with E-state index in [1.165, 1.54) is 12.5 Å². The Hall–Kier alpha value is -2.84. The fourth-order valence-electron chi connectivity index (χ4n) is 3.84. The van der Waals surface area contributed by atoms with Crippen LogP contribution >= 0.6 is 0 Å². The van der Waals surface area contributed by atoms with Crippen molar-refractivity contribution in [2.24, 2.45) is 0 Å². The van der Waals surface area contributed by atoms with E-state index in [2.05, 4.69) is 14.8 Å². The summed E-state index contributed by atoms with van der Waals surface area (Å²) in [5, 5.41) is 8.76. The van der Waals surface area contributed by atoms with E-state index in [1.54, 1.807) is 30.0 Å². The van der Waals surface area contributed by atoms with Gasteiger partial charge in [0.25, 0.3) is 5.91 Å². The van der Waals surface area contributed by atoms with Crippen LogP contribution in [0.2, 0.25) is 0 Å². The summed E-state index contributed by atoms with van der Waals surface area (Å²) in [6.45, 7) is 3.23. The Bertz CT molecular complexity index is 820. The maximum atomic E-state index is 12.5. The molecule has 2 aliphatic heterocycles. The first kappa shape index (κ1) is 17.6. The maximum Gasteiger partial charge on any atom is 0.319 e. The van der Waals surface area contributed by atoms with E-state index in [0.29, 0.717) is 31.1 Å². The molecular weight excluding hydrogens is 348 g/mol. The minimum Gasteiger partial charge on any atom is -0.472 e. The number of hydrogen-bond donors (Lipinski definition) is 0. The normalized spacial score (nSPS) is 17.7. The quantitative estimate of drug-likeness (QED) is 0.795. The number of urea groups is 1. The van der Waals surface area contributed by atoms with E-state index in [1.807, 2.05) is 4.90 Å². The molecule has 0 radical (unpaired) electrons. The van der Waals surface area contributed by atoms with Gasteiger partial charge in [0.2, 0.25) is 0 Å². The predicted molar refractivity (Wildman–Crippen MR) is 96.1 cm³/mol. The molecule has 0 N–H and O–H groups in total. The van der Waals surface area contributed by atoms with Gasteiger partial charge in [-0.25, -0.2) is 4.79 Å². The van der Waals surface area contributed by atoms with E-state index in [-0.39, 0.29) is 11.9 Å². The second-order valence-corrected chi connectivity index (χ2v) is 7.30. The molecule has 0 unspecified atom stereocenters. The molecule has 0 atom stereocenters. The molecule has 3 amide bonds. The average Bonchev–Trinajstić information content (AvgIpc) is 3.36. The van der Waals surface area contributed by atoms with Crippen LogP contribution in [0, 0.1) is 0 Å². The van der Waals surface area contributed by atoms with Gasteiger partial charge in [-0.3, -0.25) is 4.79 Å². The monoisotopic (exact) mass is 372 g/mol. The zero-order valence-electron chi connectivity index (χ0n) is 15.7. The molecule has 2 aromatic heterocycles. The van der Waals surface area contributed by atoms with Gasteiger partial charge >= 0.3 is 6.03 Å². The van der Waals surface area contributed by atoms with Gasteiger partial charge in [-0.2, -0.15) is 0 Å². The molecule has 0 saturated carbocycles. The highest BCUT2D eigenvalue weighted by Gasteiger charge is 2.31. The molecule has 1 fully saturated rings. The van der Waals surface area contributed by atoms with Crippen molar-refractivity contribution in [1.82, 2.24) is 29.5 Å². The Morgan fingerprint density at radius 3 is 2.56 bits per heavy atom. The van der Waals surface area contributed by atoms with Gasteiger partial charge in [0.15, 0.2) is 5.82 Å². The van der Waals surface area contributed by atoms with Crippen molar-refractivity contribution in [2.45, 2.75) is 31.8 Å². The first-order chi connectivity index (χ1) is 13.0. The second kappa shape index (κ2) is 7.05. The van der Waals surface area contributed by atoms with Gasteiger partial charge in [-0.1, -0.05) is 0 Å². The highest BCUT2D eigenvalue weighted by molar-refractivity contribution is 5.93. The molecule has 27 heavy (non-hydrogen) atoms. The lowest BCUT2D eigenvalue weighted by molar-refractivity contribution is 0.0705. The van der Waals surface area contributed by atoms with Crippen molar-refractivity contribution in [3.8, 4) is 0 Å². The first-order valence-corrected chi connectivity index (χ1v) is 9.24. The Kier molecular flexibility index (Phi) is 4.59. The van der Waals surface area contributed by atoms with Crippen LogP contribution in [0.15, 0.2) is 23.0 Å². The van der Waals surface area contributed by atoms with E-state index >= 15 is 0 Å². The zero-order chi connectivity index (χ0) is 19.0. The van der Waals surface area contributed by atoms with Crippen molar-refractivity contribution >= 4 is 11.9 Å². The van der Waals surface area contributed by atoms with Crippen molar-refractivity contribution in [3.05, 3.63) is 35.8 Å². The Morgan fingerprint density at radius 2 is 1.89 bits per heavy atom. The van der Waals surface area contributed by atoms with Crippen LogP contribution in [0.4, 0.5) is 4.79 Å². The summed E-state index contributed by atoms with van der Waals surface area (Å²) in [6.07, 6.45) is 4.74. The third-order valence-electron chi connectivity index (χ3n) is 5.35. The highest BCUT2D eigenvalue weighted by atomic mass is 16.3. The fourth-order valence-corrected chi connectivity index (χ4v) is 3.84. The van der Waals surface area contributed by atoms with Gasteiger partial charge < -0.3 is 23.7 Å². The molecule has 2 aliphatic rings. The Balaban J connectivity index is 1.42. The van der Waals surface area contributed by atoms with Crippen molar-refractivity contribution < 1.29 is 14.0 Å². The van der Waals surface area contributed by atoms with Gasteiger partial charge in [0, 0.05) is 46.2 Å². The van der Waals surface area contributed by atoms with E-state index in [4.69, 9.17) is 4.42 Å². The molecular formula is C18H24N6O3. The largest absolute Gasteiger partial charge is 0.472 e. The summed E-state index contributed by atoms with van der Waals surface area (Å²) in [7, 11) is 3.56. The van der Waals surface area contributed by atoms with Gasteiger partial charge in [0.1, 0.15) is 12.1 Å². The van der Waals surface area contributed by atoms with Crippen LogP contribution in [0.25, 0.3) is 0 Å². The van der Waals surface area contributed by atoms with E-state index in [0.717, 1.165) is 37.6 Å². The van der Waals surface area contributed by atoms with Gasteiger partial charge in [0.05, 0.1) is 18.4 Å². The highest BCUT2D eigenvalue weighted by Crippen LogP contribution is 2.29. The number of amides is 3. The van der Waals surface area contributed by atoms with Gasteiger partial charge in [-0.15, -0.1) is 10.2 Å². The number of rotatable bonds is 2. The number of carbonyl (C=O) groups is 2. The van der Waals surface area contributed by atoms with Crippen molar-refractivity contribution in [2.75, 3.05) is 33.7 Å². The van der Waals surface area contributed by atoms with Crippen LogP contribution < -0.4 is 0 Å². The van der Waals surface area contributed by atoms with Crippen LogP contribution in [0.1, 0.15) is 40.8 Å². The summed E-state index contributed by atoms with van der Waals surface area (Å²) >= 11 is 0. The molecule has 0 aromatic carbocycles. The molecule has 4 rings (SSSR count). The van der Waals surface area contributed by atoms with E-state index in [9.17, 15) is 9.59 Å². The molecule has 2 aromatic rings. The molecule has 9 heteroatoms. The van der Waals surface area contributed by atoms with Crippen LogP contribution in [-0.4, -0.2) is 75.1 Å². The topological polar surface area (TPSA) is 87.7 Å². The lowest BCUT2D eigenvalue weighted by atomic mass is 9.96. The fraction of sp³-hybridized carbons (Fsp3) is 0.556. The summed E-state index contributed by atoms with van der Waals surface area (Å²) in [4.78, 5) is 29.9. The molecule has 144 valence electrons. The number of likely N-dealkylation sites (tertiary alicyclic amines) is 1. The maximum absolute atomic E-state index is 12.5. The second-order valence-electron chi connectivity index (χ2n) is 7.30. The molecule has 0 spiro atoms. The number of aromatic nitrogens is 3. The number of nitrogens with zero attached hydrogens (tertiary/aromatic N) is 6. The molecule has 0 bridgehead atoms. The average molecular weight is 372 g/mol. The molecule has 4 heterocycles. The standard InChI is InChI=1S/C18H24N6O3/c1-21(2)18(26)22-6-3-13(4-7-22)16-20-19-15-11-23(8-9-24(15)16)17(25)14-5-10-27-12-14/h5,10,12-13H,3-4,6-9,11H2,1-2H3. The number of fused-ring (bicyclic) bond motifs is 1. The lowest BCUT2D eigenvalue weighted by Gasteiger charge is -2.34. The van der Waals surface area contributed by atoms with Crippen LogP contribution in [-0.2, 0) is 13.1 Å². The lowest BCUT2D eigenvalue weighted by Crippen LogP contribution is -2.44. The Labute approximate surface area is 157 Å². The summed E-state index contributed by atoms with van der Waals surface area (Å²) < 4.78 is 7.15. The summed E-state index contributed by atoms with van der Waals surface area (Å²) in [5.41, 5.74) is 0.557. The minimum absolute atomic E-state index is 0.0462. The summed E-state index contributed by atoms with van der Waals surface area (Å²) in [5.74, 6) is 2.06. The SMILES string of the molecule is CN(C)C(=O)N1CCC(c2nnc3n2CCN(C(=O)c2ccoc2)C3)CC1. The predicted octanol–water partition coefficient (Wildman–Crippen LogP) is 1.39. The zero-order valence-corrected chi connectivity index (χ0v) is 15.7. The third kappa shape index (κ3) is 3.29. The smallest absolute Gasteiger partial charge is 0.319 e. The molecule has 1 saturated heterocycles. The number of furan rings is 1. The number of carbonyl (C=O) groups excluding carboxylic acids is 2. The molecule has 0 aliphatic carbocycles. The summed E-state index contributed by atoms with van der Waals surface area (Å²) in [6, 6.07) is 1.74. The van der Waals surface area contributed by atoms with E-state index < -0.39 is 0 Å². The minimum atomic E-state index is -0.0462. The Morgan fingerprint density at radius 1 is 1.11 bits per heavy atom. The van der Waals surface area contributed by atoms with Gasteiger partial charge in [-0.05, 0) is 18.9 Å².